The Hall–Kier alpha value is -2.65. The van der Waals surface area contributed by atoms with E-state index in [1.165, 1.54) is 6.20 Å². The smallest absolute Gasteiger partial charge is 0.341 e. The minimum atomic E-state index is -1.35. The van der Waals surface area contributed by atoms with Crippen molar-refractivity contribution in [3.05, 3.63) is 38.9 Å². The Morgan fingerprint density at radius 1 is 1.41 bits per heavy atom. The molecule has 1 aliphatic carbocycles. The lowest BCUT2D eigenvalue weighted by Crippen LogP contribution is -2.25. The number of nitrogens with two attached hydrogens (primary N) is 1. The van der Waals surface area contributed by atoms with E-state index in [0.29, 0.717) is 24.3 Å². The van der Waals surface area contributed by atoms with Crippen LogP contribution in [-0.4, -0.2) is 46.6 Å². The summed E-state index contributed by atoms with van der Waals surface area (Å²) in [5.41, 5.74) is 5.48. The number of anilines is 1. The number of halogens is 2. The monoisotopic (exact) mass is 464 g/mol. The Bertz CT molecular complexity index is 1180. The molecule has 4 rings (SSSR count). The van der Waals surface area contributed by atoms with Crippen molar-refractivity contribution >= 4 is 39.9 Å². The molecular weight excluding hydrogens is 439 g/mol. The van der Waals surface area contributed by atoms with Crippen molar-refractivity contribution in [2.75, 3.05) is 24.5 Å². The average molecular weight is 465 g/mol. The first-order chi connectivity index (χ1) is 15.0. The van der Waals surface area contributed by atoms with E-state index in [1.807, 2.05) is 20.8 Å². The lowest BCUT2D eigenvalue weighted by molar-refractivity contribution is 0.000172. The van der Waals surface area contributed by atoms with E-state index in [4.69, 9.17) is 22.2 Å². The highest BCUT2D eigenvalue weighted by Crippen LogP contribution is 2.42. The van der Waals surface area contributed by atoms with Crippen LogP contribution in [0.1, 0.15) is 50.0 Å². The predicted octanol–water partition coefficient (Wildman–Crippen LogP) is 3.39. The first-order valence-electron chi connectivity index (χ1n) is 10.5. The van der Waals surface area contributed by atoms with Crippen LogP contribution in [0.5, 0.6) is 0 Å². The molecular formula is C22H26ClFN4O4. The maximum absolute atomic E-state index is 15.3. The molecule has 2 fully saturated rings. The summed E-state index contributed by atoms with van der Waals surface area (Å²) in [5.74, 6) is -2.18. The van der Waals surface area contributed by atoms with Crippen molar-refractivity contribution in [3.8, 4) is 0 Å². The number of aromatic carboxylic acids is 1. The minimum absolute atomic E-state index is 0.0275. The molecule has 1 atom stereocenters. The van der Waals surface area contributed by atoms with E-state index in [0.717, 1.165) is 18.9 Å². The zero-order valence-electron chi connectivity index (χ0n) is 18.2. The number of nitrogens with zero attached hydrogens (tertiary/aromatic N) is 3. The van der Waals surface area contributed by atoms with Gasteiger partial charge in [0.05, 0.1) is 33.9 Å². The summed E-state index contributed by atoms with van der Waals surface area (Å²) in [7, 11) is 0. The highest BCUT2D eigenvalue weighted by atomic mass is 35.5. The van der Waals surface area contributed by atoms with Crippen LogP contribution in [-0.2, 0) is 4.84 Å². The standard InChI is InChI=1S/C22H26ClFN4O4/c1-22(2,3)32-26-16-10-27(8-11(16)7-25)19-15(24)6-13-18(17(19)23)28(12-4-5-12)9-14(20(13)29)21(30)31/h6,9,11-12H,4-5,7-8,10,25H2,1-3H3,(H,30,31)/b26-16+. The molecule has 10 heteroatoms. The van der Waals surface area contributed by atoms with Crippen molar-refractivity contribution in [2.45, 2.75) is 45.3 Å². The molecule has 0 radical (unpaired) electrons. The molecule has 2 aromatic rings. The first-order valence-corrected chi connectivity index (χ1v) is 10.9. The van der Waals surface area contributed by atoms with Crippen molar-refractivity contribution in [1.82, 2.24) is 4.57 Å². The molecule has 1 aromatic carbocycles. The largest absolute Gasteiger partial charge is 0.477 e. The molecule has 2 aliphatic rings. The molecule has 172 valence electrons. The Kier molecular flexibility index (Phi) is 5.67. The number of hydrogen-bond donors (Lipinski definition) is 2. The van der Waals surface area contributed by atoms with Gasteiger partial charge in [-0.15, -0.1) is 0 Å². The van der Waals surface area contributed by atoms with Crippen molar-refractivity contribution in [2.24, 2.45) is 16.8 Å². The van der Waals surface area contributed by atoms with E-state index in [9.17, 15) is 14.7 Å². The number of fused-ring (bicyclic) bond motifs is 1. The number of oxime groups is 1. The van der Waals surface area contributed by atoms with Crippen molar-refractivity contribution < 1.29 is 19.1 Å². The number of benzene rings is 1. The zero-order valence-corrected chi connectivity index (χ0v) is 18.9. The molecule has 1 saturated heterocycles. The summed E-state index contributed by atoms with van der Waals surface area (Å²) in [4.78, 5) is 31.6. The van der Waals surface area contributed by atoms with Gasteiger partial charge < -0.3 is 25.1 Å². The summed E-state index contributed by atoms with van der Waals surface area (Å²) < 4.78 is 17.0. The number of pyridine rings is 1. The summed E-state index contributed by atoms with van der Waals surface area (Å²) in [6.07, 6.45) is 2.98. The third-order valence-electron chi connectivity index (χ3n) is 5.66. The van der Waals surface area contributed by atoms with E-state index in [2.05, 4.69) is 5.16 Å². The zero-order chi connectivity index (χ0) is 23.4. The van der Waals surface area contributed by atoms with Crippen LogP contribution in [0, 0.1) is 11.7 Å². The predicted molar refractivity (Wildman–Crippen MR) is 121 cm³/mol. The summed E-state index contributed by atoms with van der Waals surface area (Å²) >= 11 is 6.70. The molecule has 0 spiro atoms. The molecule has 1 aliphatic heterocycles. The third kappa shape index (κ3) is 4.06. The number of carboxylic acids is 1. The third-order valence-corrected chi connectivity index (χ3v) is 6.01. The molecule has 1 saturated carbocycles. The van der Waals surface area contributed by atoms with Crippen LogP contribution in [0.4, 0.5) is 10.1 Å². The Balaban J connectivity index is 1.84. The van der Waals surface area contributed by atoms with Gasteiger partial charge in [0.15, 0.2) is 0 Å². The van der Waals surface area contributed by atoms with Gasteiger partial charge in [0.1, 0.15) is 17.0 Å². The number of aromatic nitrogens is 1. The van der Waals surface area contributed by atoms with Crippen molar-refractivity contribution in [1.29, 1.82) is 0 Å². The quantitative estimate of drug-likeness (QED) is 0.656. The fourth-order valence-electron chi connectivity index (χ4n) is 3.95. The van der Waals surface area contributed by atoms with Gasteiger partial charge in [-0.05, 0) is 39.7 Å². The minimum Gasteiger partial charge on any atom is -0.477 e. The number of carboxylic acid groups (broad SMARTS) is 1. The van der Waals surface area contributed by atoms with Gasteiger partial charge >= 0.3 is 5.97 Å². The maximum atomic E-state index is 15.3. The molecule has 32 heavy (non-hydrogen) atoms. The van der Waals surface area contributed by atoms with Crippen LogP contribution >= 0.6 is 11.6 Å². The summed E-state index contributed by atoms with van der Waals surface area (Å²) in [6, 6.07) is 1.11. The summed E-state index contributed by atoms with van der Waals surface area (Å²) in [5, 5.41) is 13.7. The maximum Gasteiger partial charge on any atom is 0.341 e. The van der Waals surface area contributed by atoms with Crippen molar-refractivity contribution in [3.63, 3.8) is 0 Å². The van der Waals surface area contributed by atoms with E-state index in [-0.39, 0.29) is 34.6 Å². The van der Waals surface area contributed by atoms with Gasteiger partial charge in [-0.25, -0.2) is 9.18 Å². The first kappa shape index (κ1) is 22.5. The van der Waals surface area contributed by atoms with E-state index >= 15 is 4.39 Å². The molecule has 0 bridgehead atoms. The Labute approximate surface area is 189 Å². The molecule has 0 amide bonds. The lowest BCUT2D eigenvalue weighted by atomic mass is 10.1. The van der Waals surface area contributed by atoms with Gasteiger partial charge in [0, 0.05) is 31.2 Å². The summed E-state index contributed by atoms with van der Waals surface area (Å²) in [6.45, 7) is 6.62. The fraction of sp³-hybridized carbons (Fsp3) is 0.500. The second kappa shape index (κ2) is 8.04. The van der Waals surface area contributed by atoms with E-state index in [1.54, 1.807) is 9.47 Å². The number of rotatable bonds is 5. The SMILES string of the molecule is CC(C)(C)O/N=C1\CN(c2c(F)cc3c(=O)c(C(=O)O)cn(C4CC4)c3c2Cl)CC1CN. The number of hydrogen-bond acceptors (Lipinski definition) is 6. The van der Waals surface area contributed by atoms with Gasteiger partial charge in [-0.3, -0.25) is 4.79 Å². The van der Waals surface area contributed by atoms with Crippen LogP contribution in [0.25, 0.3) is 10.9 Å². The van der Waals surface area contributed by atoms with Gasteiger partial charge in [-0.1, -0.05) is 16.8 Å². The molecule has 3 N–H and O–H groups in total. The Morgan fingerprint density at radius 3 is 2.66 bits per heavy atom. The fourth-order valence-corrected chi connectivity index (χ4v) is 4.36. The Morgan fingerprint density at radius 2 is 2.09 bits per heavy atom. The van der Waals surface area contributed by atoms with Crippen LogP contribution in [0.15, 0.2) is 22.2 Å². The highest BCUT2D eigenvalue weighted by molar-refractivity contribution is 6.38. The molecule has 1 unspecified atom stereocenters. The topological polar surface area (TPSA) is 110 Å². The number of carbonyl (C=O) groups is 1. The molecule has 8 nitrogen and oxygen atoms in total. The highest BCUT2D eigenvalue weighted by Gasteiger charge is 2.35. The average Bonchev–Trinajstić information content (AvgIpc) is 3.46. The molecule has 2 heterocycles. The van der Waals surface area contributed by atoms with Crippen LogP contribution in [0.3, 0.4) is 0 Å². The second-order valence-corrected chi connectivity index (χ2v) is 9.71. The lowest BCUT2D eigenvalue weighted by Gasteiger charge is -2.23. The normalized spacial score (nSPS) is 20.4. The van der Waals surface area contributed by atoms with Gasteiger partial charge in [-0.2, -0.15) is 0 Å². The van der Waals surface area contributed by atoms with Crippen LogP contribution < -0.4 is 16.1 Å². The molecule has 1 aromatic heterocycles. The van der Waals surface area contributed by atoms with Gasteiger partial charge in [0.2, 0.25) is 5.43 Å². The van der Waals surface area contributed by atoms with Crippen LogP contribution in [0.2, 0.25) is 5.02 Å². The van der Waals surface area contributed by atoms with E-state index < -0.39 is 28.4 Å². The van der Waals surface area contributed by atoms with Gasteiger partial charge in [0.25, 0.3) is 0 Å². The second-order valence-electron chi connectivity index (χ2n) is 9.33.